The summed E-state index contributed by atoms with van der Waals surface area (Å²) in [7, 11) is 1.65. The molecular weight excluding hydrogens is 400 g/mol. The van der Waals surface area contributed by atoms with Crippen LogP contribution in [-0.2, 0) is 0 Å². The second kappa shape index (κ2) is 8.96. The van der Waals surface area contributed by atoms with Crippen molar-refractivity contribution in [3.8, 4) is 5.75 Å². The van der Waals surface area contributed by atoms with Gasteiger partial charge in [-0.2, -0.15) is 0 Å². The lowest BCUT2D eigenvalue weighted by Gasteiger charge is -2.35. The molecule has 30 heavy (non-hydrogen) atoms. The van der Waals surface area contributed by atoms with Crippen molar-refractivity contribution >= 4 is 34.0 Å². The number of anilines is 2. The number of ether oxygens (including phenoxy) is 1. The molecule has 0 atom stereocenters. The highest BCUT2D eigenvalue weighted by atomic mass is 32.1. The van der Waals surface area contributed by atoms with Gasteiger partial charge in [-0.3, -0.25) is 14.9 Å². The van der Waals surface area contributed by atoms with Crippen molar-refractivity contribution in [1.29, 1.82) is 0 Å². The summed E-state index contributed by atoms with van der Waals surface area (Å²) in [5.41, 5.74) is 2.03. The molecule has 0 unspecified atom stereocenters. The lowest BCUT2D eigenvalue weighted by molar-refractivity contribution is 0.0741. The Morgan fingerprint density at radius 3 is 2.37 bits per heavy atom. The highest BCUT2D eigenvalue weighted by Crippen LogP contribution is 2.22. The summed E-state index contributed by atoms with van der Waals surface area (Å²) in [6.07, 6.45) is 0. The maximum Gasteiger partial charge on any atom is 0.273 e. The molecule has 1 aliphatic rings. The predicted octanol–water partition coefficient (Wildman–Crippen LogP) is 3.37. The van der Waals surface area contributed by atoms with E-state index in [9.17, 15) is 9.59 Å². The third kappa shape index (κ3) is 4.44. The number of carbonyl (C=O) groups excluding carboxylic acids is 2. The summed E-state index contributed by atoms with van der Waals surface area (Å²) in [6.45, 7) is 2.74. The van der Waals surface area contributed by atoms with Crippen LogP contribution in [0.4, 0.5) is 10.8 Å². The van der Waals surface area contributed by atoms with E-state index in [0.717, 1.165) is 24.5 Å². The number of piperazine rings is 1. The topological polar surface area (TPSA) is 74.8 Å². The van der Waals surface area contributed by atoms with Crippen molar-refractivity contribution in [2.24, 2.45) is 0 Å². The quantitative estimate of drug-likeness (QED) is 0.682. The monoisotopic (exact) mass is 422 g/mol. The van der Waals surface area contributed by atoms with Gasteiger partial charge < -0.3 is 14.5 Å². The number of methoxy groups -OCH3 is 1. The van der Waals surface area contributed by atoms with Crippen molar-refractivity contribution < 1.29 is 14.3 Å². The second-order valence-electron chi connectivity index (χ2n) is 6.84. The van der Waals surface area contributed by atoms with Crippen LogP contribution in [0, 0.1) is 0 Å². The van der Waals surface area contributed by atoms with E-state index in [1.54, 1.807) is 41.7 Å². The van der Waals surface area contributed by atoms with E-state index >= 15 is 0 Å². The molecular formula is C22H22N4O3S. The number of rotatable bonds is 5. The molecule has 4 rings (SSSR count). The van der Waals surface area contributed by atoms with E-state index in [0.29, 0.717) is 29.5 Å². The van der Waals surface area contributed by atoms with Gasteiger partial charge in [-0.05, 0) is 36.4 Å². The van der Waals surface area contributed by atoms with Gasteiger partial charge in [-0.25, -0.2) is 4.98 Å². The summed E-state index contributed by atoms with van der Waals surface area (Å²) >= 11 is 1.25. The summed E-state index contributed by atoms with van der Waals surface area (Å²) in [6, 6.07) is 16.9. The molecule has 7 nitrogen and oxygen atoms in total. The number of hydrogen-bond acceptors (Lipinski definition) is 6. The van der Waals surface area contributed by atoms with Crippen LogP contribution in [0.15, 0.2) is 60.0 Å². The number of aromatic nitrogens is 1. The molecule has 2 aromatic carbocycles. The molecule has 3 aromatic rings. The Bertz CT molecular complexity index is 1010. The van der Waals surface area contributed by atoms with Crippen molar-refractivity contribution in [3.63, 3.8) is 0 Å². The van der Waals surface area contributed by atoms with Crippen molar-refractivity contribution in [2.75, 3.05) is 43.5 Å². The standard InChI is InChI=1S/C22H22N4O3S/c1-29-18-9-7-17(8-10-18)25-11-13-26(14-12-25)21(28)19-15-30-22(23-19)24-20(27)16-5-3-2-4-6-16/h2-10,15H,11-14H2,1H3,(H,23,24,27). The third-order valence-corrected chi connectivity index (χ3v) is 5.74. The van der Waals surface area contributed by atoms with Gasteiger partial charge in [0, 0.05) is 42.8 Å². The maximum absolute atomic E-state index is 12.8. The average molecular weight is 423 g/mol. The zero-order chi connectivity index (χ0) is 20.9. The Morgan fingerprint density at radius 1 is 1.00 bits per heavy atom. The van der Waals surface area contributed by atoms with E-state index in [1.807, 2.05) is 30.3 Å². The molecule has 0 saturated carbocycles. The van der Waals surface area contributed by atoms with Gasteiger partial charge >= 0.3 is 0 Å². The fraction of sp³-hybridized carbons (Fsp3) is 0.227. The Hall–Kier alpha value is -3.39. The molecule has 1 aromatic heterocycles. The molecule has 0 spiro atoms. The first-order valence-corrected chi connectivity index (χ1v) is 10.5. The van der Waals surface area contributed by atoms with Crippen LogP contribution in [-0.4, -0.2) is 55.0 Å². The first kappa shape index (κ1) is 19.9. The first-order valence-electron chi connectivity index (χ1n) is 9.64. The molecule has 1 aliphatic heterocycles. The molecule has 0 radical (unpaired) electrons. The van der Waals surface area contributed by atoms with Gasteiger partial charge in [0.25, 0.3) is 11.8 Å². The van der Waals surface area contributed by atoms with Crippen molar-refractivity contribution in [3.05, 3.63) is 71.2 Å². The molecule has 8 heteroatoms. The van der Waals surface area contributed by atoms with E-state index in [1.165, 1.54) is 11.3 Å². The number of thiazole rings is 1. The van der Waals surface area contributed by atoms with Crippen molar-refractivity contribution in [1.82, 2.24) is 9.88 Å². The fourth-order valence-corrected chi connectivity index (χ4v) is 3.99. The van der Waals surface area contributed by atoms with Crippen molar-refractivity contribution in [2.45, 2.75) is 0 Å². The second-order valence-corrected chi connectivity index (χ2v) is 7.69. The fourth-order valence-electron chi connectivity index (χ4n) is 3.31. The summed E-state index contributed by atoms with van der Waals surface area (Å²) in [5.74, 6) is 0.476. The highest BCUT2D eigenvalue weighted by Gasteiger charge is 2.24. The lowest BCUT2D eigenvalue weighted by Crippen LogP contribution is -2.48. The van der Waals surface area contributed by atoms with Crippen LogP contribution in [0.5, 0.6) is 5.75 Å². The van der Waals surface area contributed by atoms with E-state index in [-0.39, 0.29) is 11.8 Å². The lowest BCUT2D eigenvalue weighted by atomic mass is 10.2. The number of carbonyl (C=O) groups is 2. The normalized spacial score (nSPS) is 13.8. The van der Waals surface area contributed by atoms with Crippen LogP contribution in [0.25, 0.3) is 0 Å². The minimum Gasteiger partial charge on any atom is -0.497 e. The SMILES string of the molecule is COc1ccc(N2CCN(C(=O)c3csc(NC(=O)c4ccccc4)n3)CC2)cc1. The van der Waals surface area contributed by atoms with Crippen LogP contribution in [0.1, 0.15) is 20.8 Å². The van der Waals surface area contributed by atoms with Crippen LogP contribution in [0.3, 0.4) is 0 Å². The Labute approximate surface area is 178 Å². The number of nitrogens with one attached hydrogen (secondary N) is 1. The number of benzene rings is 2. The van der Waals surface area contributed by atoms with E-state index in [4.69, 9.17) is 4.74 Å². The molecule has 1 saturated heterocycles. The maximum atomic E-state index is 12.8. The Morgan fingerprint density at radius 2 is 1.70 bits per heavy atom. The summed E-state index contributed by atoms with van der Waals surface area (Å²) in [4.78, 5) is 33.4. The first-order chi connectivity index (χ1) is 14.6. The van der Waals surface area contributed by atoms with Gasteiger partial charge in [0.15, 0.2) is 5.13 Å². The summed E-state index contributed by atoms with van der Waals surface area (Å²) < 4.78 is 5.20. The molecule has 1 N–H and O–H groups in total. The molecule has 2 amide bonds. The summed E-state index contributed by atoms with van der Waals surface area (Å²) in [5, 5.41) is 4.87. The Balaban J connectivity index is 1.33. The predicted molar refractivity (Wildman–Crippen MR) is 118 cm³/mol. The van der Waals surface area contributed by atoms with Gasteiger partial charge in [-0.1, -0.05) is 18.2 Å². The average Bonchev–Trinajstić information content (AvgIpc) is 3.28. The van der Waals surface area contributed by atoms with Gasteiger partial charge in [0.05, 0.1) is 7.11 Å². The minimum atomic E-state index is -0.239. The molecule has 154 valence electrons. The zero-order valence-corrected chi connectivity index (χ0v) is 17.4. The van der Waals surface area contributed by atoms with Crippen LogP contribution in [0.2, 0.25) is 0 Å². The number of hydrogen-bond donors (Lipinski definition) is 1. The van der Waals surface area contributed by atoms with Crippen LogP contribution >= 0.6 is 11.3 Å². The minimum absolute atomic E-state index is 0.110. The molecule has 1 fully saturated rings. The molecule has 0 bridgehead atoms. The van der Waals surface area contributed by atoms with E-state index in [2.05, 4.69) is 15.2 Å². The third-order valence-electron chi connectivity index (χ3n) is 4.98. The highest BCUT2D eigenvalue weighted by molar-refractivity contribution is 7.14. The van der Waals surface area contributed by atoms with Gasteiger partial charge in [0.1, 0.15) is 11.4 Å². The zero-order valence-electron chi connectivity index (χ0n) is 16.6. The van der Waals surface area contributed by atoms with Crippen LogP contribution < -0.4 is 15.0 Å². The van der Waals surface area contributed by atoms with Gasteiger partial charge in [0.2, 0.25) is 0 Å². The van der Waals surface area contributed by atoms with E-state index < -0.39 is 0 Å². The number of nitrogens with zero attached hydrogens (tertiary/aromatic N) is 3. The largest absolute Gasteiger partial charge is 0.497 e. The molecule has 2 heterocycles. The Kier molecular flexibility index (Phi) is 5.94. The number of amides is 2. The smallest absolute Gasteiger partial charge is 0.273 e. The van der Waals surface area contributed by atoms with Gasteiger partial charge in [-0.15, -0.1) is 11.3 Å². The molecule has 0 aliphatic carbocycles.